The molecule has 32 heavy (non-hydrogen) atoms. The number of carbonyl (C=O) groups is 1. The van der Waals surface area contributed by atoms with Gasteiger partial charge in [-0.15, -0.1) is 0 Å². The van der Waals surface area contributed by atoms with Gasteiger partial charge in [0.05, 0.1) is 46.2 Å². The van der Waals surface area contributed by atoms with E-state index < -0.39 is 0 Å². The highest BCUT2D eigenvalue weighted by atomic mass is 16.5. The average molecular weight is 439 g/mol. The Morgan fingerprint density at radius 1 is 1.09 bits per heavy atom. The molecule has 3 aromatic rings. The second-order valence-electron chi connectivity index (χ2n) is 8.02. The predicted molar refractivity (Wildman–Crippen MR) is 122 cm³/mol. The molecule has 0 radical (unpaired) electrons. The van der Waals surface area contributed by atoms with Crippen molar-refractivity contribution in [3.8, 4) is 11.5 Å². The summed E-state index contributed by atoms with van der Waals surface area (Å²) in [4.78, 5) is 15.2. The summed E-state index contributed by atoms with van der Waals surface area (Å²) < 4.78 is 22.0. The molecular weight excluding hydrogens is 408 g/mol. The van der Waals surface area contributed by atoms with Crippen molar-refractivity contribution in [3.05, 3.63) is 59.4 Å². The number of nitrogens with zero attached hydrogens (tertiary/aromatic N) is 1. The van der Waals surface area contributed by atoms with Crippen LogP contribution in [0.2, 0.25) is 0 Å². The minimum Gasteiger partial charge on any atom is -0.493 e. The van der Waals surface area contributed by atoms with Crippen LogP contribution in [0.4, 0.5) is 0 Å². The summed E-state index contributed by atoms with van der Waals surface area (Å²) >= 11 is 0. The van der Waals surface area contributed by atoms with Gasteiger partial charge in [0.15, 0.2) is 11.5 Å². The number of ether oxygens (including phenoxy) is 3. The lowest BCUT2D eigenvalue weighted by Gasteiger charge is -2.35. The second kappa shape index (κ2) is 10.1. The zero-order valence-electron chi connectivity index (χ0n) is 18.8. The molecule has 0 bridgehead atoms. The van der Waals surface area contributed by atoms with Gasteiger partial charge in [0.2, 0.25) is 5.91 Å². The SMILES string of the molecule is COc1ccc(C(CNC(=O)Cc2coc3cc(C)ccc23)N2CCOCC2)cc1OC. The topological polar surface area (TPSA) is 73.2 Å². The third kappa shape index (κ3) is 4.89. The maximum atomic E-state index is 12.8. The molecule has 2 aromatic carbocycles. The molecule has 1 fully saturated rings. The summed E-state index contributed by atoms with van der Waals surface area (Å²) in [6, 6.07) is 12.0. The number of methoxy groups -OCH3 is 2. The highest BCUT2D eigenvalue weighted by Crippen LogP contribution is 2.32. The van der Waals surface area contributed by atoms with Gasteiger partial charge in [-0.05, 0) is 36.2 Å². The Hall–Kier alpha value is -3.03. The molecule has 2 heterocycles. The summed E-state index contributed by atoms with van der Waals surface area (Å²) in [5.74, 6) is 1.32. The first-order valence-electron chi connectivity index (χ1n) is 10.9. The normalized spacial score (nSPS) is 15.5. The third-order valence-corrected chi connectivity index (χ3v) is 5.93. The van der Waals surface area contributed by atoms with Crippen molar-refractivity contribution in [2.24, 2.45) is 0 Å². The van der Waals surface area contributed by atoms with Crippen molar-refractivity contribution in [1.82, 2.24) is 10.2 Å². The molecule has 1 saturated heterocycles. The van der Waals surface area contributed by atoms with E-state index in [1.165, 1.54) is 0 Å². The van der Waals surface area contributed by atoms with E-state index in [0.717, 1.165) is 40.7 Å². The van der Waals surface area contributed by atoms with Gasteiger partial charge in [-0.2, -0.15) is 0 Å². The number of hydrogen-bond acceptors (Lipinski definition) is 6. The maximum Gasteiger partial charge on any atom is 0.224 e. The molecule has 0 spiro atoms. The standard InChI is InChI=1S/C25H30N2O5/c1-17-4-6-20-19(16-32-23(20)12-17)14-25(28)26-15-21(27-8-10-31-11-9-27)18-5-7-22(29-2)24(13-18)30-3/h4-7,12-13,16,21H,8-11,14-15H2,1-3H3,(H,26,28). The number of carbonyl (C=O) groups excluding carboxylic acids is 1. The molecule has 1 amide bonds. The van der Waals surface area contributed by atoms with Gasteiger partial charge in [0.25, 0.3) is 0 Å². The average Bonchev–Trinajstić information content (AvgIpc) is 3.21. The minimum atomic E-state index is -0.0352. The zero-order valence-corrected chi connectivity index (χ0v) is 18.8. The lowest BCUT2D eigenvalue weighted by atomic mass is 10.0. The minimum absolute atomic E-state index is 0.00593. The fourth-order valence-electron chi connectivity index (χ4n) is 4.18. The van der Waals surface area contributed by atoms with Gasteiger partial charge in [-0.25, -0.2) is 0 Å². The molecule has 7 nitrogen and oxygen atoms in total. The van der Waals surface area contributed by atoms with Crippen molar-refractivity contribution >= 4 is 16.9 Å². The Kier molecular flexibility index (Phi) is 6.97. The molecular formula is C25H30N2O5. The van der Waals surface area contributed by atoms with Gasteiger partial charge < -0.3 is 23.9 Å². The van der Waals surface area contributed by atoms with E-state index in [-0.39, 0.29) is 18.4 Å². The van der Waals surface area contributed by atoms with Crippen LogP contribution in [0.15, 0.2) is 47.1 Å². The van der Waals surface area contributed by atoms with Crippen LogP contribution in [-0.2, 0) is 16.0 Å². The van der Waals surface area contributed by atoms with Crippen molar-refractivity contribution in [2.75, 3.05) is 47.1 Å². The molecule has 1 atom stereocenters. The Balaban J connectivity index is 1.49. The number of morpholine rings is 1. The van der Waals surface area contributed by atoms with Crippen LogP contribution in [-0.4, -0.2) is 57.9 Å². The monoisotopic (exact) mass is 438 g/mol. The molecule has 1 aromatic heterocycles. The molecule has 0 aliphatic carbocycles. The second-order valence-corrected chi connectivity index (χ2v) is 8.02. The van der Waals surface area contributed by atoms with E-state index in [1.807, 2.05) is 43.3 Å². The van der Waals surface area contributed by atoms with Crippen molar-refractivity contribution in [2.45, 2.75) is 19.4 Å². The molecule has 1 N–H and O–H groups in total. The fraction of sp³-hybridized carbons (Fsp3) is 0.400. The number of amides is 1. The molecule has 0 saturated carbocycles. The van der Waals surface area contributed by atoms with E-state index in [1.54, 1.807) is 20.5 Å². The number of hydrogen-bond donors (Lipinski definition) is 1. The van der Waals surface area contributed by atoms with Gasteiger partial charge in [-0.1, -0.05) is 18.2 Å². The van der Waals surface area contributed by atoms with Crippen molar-refractivity contribution in [3.63, 3.8) is 0 Å². The Labute approximate surface area is 188 Å². The summed E-state index contributed by atoms with van der Waals surface area (Å²) in [6.45, 7) is 5.48. The van der Waals surface area contributed by atoms with Gasteiger partial charge in [0.1, 0.15) is 5.58 Å². The number of aryl methyl sites for hydroxylation is 1. The molecule has 1 aliphatic heterocycles. The Morgan fingerprint density at radius 3 is 2.62 bits per heavy atom. The van der Waals surface area contributed by atoms with Crippen LogP contribution in [0.3, 0.4) is 0 Å². The summed E-state index contributed by atoms with van der Waals surface area (Å²) in [7, 11) is 3.25. The lowest BCUT2D eigenvalue weighted by Crippen LogP contribution is -2.44. The lowest BCUT2D eigenvalue weighted by molar-refractivity contribution is -0.120. The van der Waals surface area contributed by atoms with E-state index in [2.05, 4.69) is 10.2 Å². The molecule has 4 rings (SSSR count). The third-order valence-electron chi connectivity index (χ3n) is 5.93. The van der Waals surface area contributed by atoms with Crippen molar-refractivity contribution < 1.29 is 23.4 Å². The Morgan fingerprint density at radius 2 is 1.88 bits per heavy atom. The first-order chi connectivity index (χ1) is 15.6. The summed E-state index contributed by atoms with van der Waals surface area (Å²) in [5, 5.41) is 4.11. The van der Waals surface area contributed by atoms with Crippen LogP contribution < -0.4 is 14.8 Å². The predicted octanol–water partition coefficient (Wildman–Crippen LogP) is 3.49. The highest BCUT2D eigenvalue weighted by molar-refractivity contribution is 5.87. The van der Waals surface area contributed by atoms with Crippen LogP contribution in [0.5, 0.6) is 11.5 Å². The van der Waals surface area contributed by atoms with Gasteiger partial charge in [-0.3, -0.25) is 9.69 Å². The quantitative estimate of drug-likeness (QED) is 0.580. The zero-order chi connectivity index (χ0) is 22.5. The van der Waals surface area contributed by atoms with Crippen molar-refractivity contribution in [1.29, 1.82) is 0 Å². The van der Waals surface area contributed by atoms with Gasteiger partial charge >= 0.3 is 0 Å². The van der Waals surface area contributed by atoms with Crippen LogP contribution in [0, 0.1) is 6.92 Å². The number of benzene rings is 2. The number of fused-ring (bicyclic) bond motifs is 1. The molecule has 1 aliphatic rings. The van der Waals surface area contributed by atoms with Crippen LogP contribution >= 0.6 is 0 Å². The summed E-state index contributed by atoms with van der Waals surface area (Å²) in [6.07, 6.45) is 1.95. The molecule has 7 heteroatoms. The van der Waals surface area contributed by atoms with E-state index in [4.69, 9.17) is 18.6 Å². The number of nitrogens with one attached hydrogen (secondary N) is 1. The number of furan rings is 1. The summed E-state index contributed by atoms with van der Waals surface area (Å²) in [5.41, 5.74) is 3.90. The highest BCUT2D eigenvalue weighted by Gasteiger charge is 2.24. The van der Waals surface area contributed by atoms with E-state index in [9.17, 15) is 4.79 Å². The maximum absolute atomic E-state index is 12.8. The van der Waals surface area contributed by atoms with Crippen LogP contribution in [0.1, 0.15) is 22.7 Å². The Bertz CT molecular complexity index is 1070. The molecule has 170 valence electrons. The first kappa shape index (κ1) is 22.2. The first-order valence-corrected chi connectivity index (χ1v) is 10.9. The van der Waals surface area contributed by atoms with E-state index >= 15 is 0 Å². The van der Waals surface area contributed by atoms with E-state index in [0.29, 0.717) is 31.3 Å². The van der Waals surface area contributed by atoms with Crippen LogP contribution in [0.25, 0.3) is 11.0 Å². The number of rotatable bonds is 8. The largest absolute Gasteiger partial charge is 0.493 e. The van der Waals surface area contributed by atoms with Gasteiger partial charge in [0, 0.05) is 30.6 Å². The smallest absolute Gasteiger partial charge is 0.224 e. The fourth-order valence-corrected chi connectivity index (χ4v) is 4.18. The molecule has 1 unspecified atom stereocenters.